The lowest BCUT2D eigenvalue weighted by Crippen LogP contribution is -2.36. The minimum absolute atomic E-state index is 0.197. The predicted octanol–water partition coefficient (Wildman–Crippen LogP) is 2.89. The lowest BCUT2D eigenvalue weighted by molar-refractivity contribution is 0.176. The first-order chi connectivity index (χ1) is 11.7. The normalized spacial score (nSPS) is 16.6. The third-order valence-corrected chi connectivity index (χ3v) is 4.74. The van der Waals surface area contributed by atoms with Gasteiger partial charge in [-0.3, -0.25) is 9.58 Å². The standard InChI is InChI=1S/C19H27FN4/c1-2-21-11-16-7-9-23(10-8-16)13-18-12-22-24(15-18)14-17-3-5-19(20)6-4-17/h3-6,12,15-16,21H,2,7-11,13-14H2,1H3. The second-order valence-corrected chi connectivity index (χ2v) is 6.70. The molecule has 0 amide bonds. The van der Waals surface area contributed by atoms with Gasteiger partial charge in [0, 0.05) is 18.3 Å². The molecule has 1 fully saturated rings. The van der Waals surface area contributed by atoms with Gasteiger partial charge in [0.25, 0.3) is 0 Å². The van der Waals surface area contributed by atoms with Crippen LogP contribution in [0.25, 0.3) is 0 Å². The van der Waals surface area contributed by atoms with Gasteiger partial charge in [-0.15, -0.1) is 0 Å². The van der Waals surface area contributed by atoms with Gasteiger partial charge in [0.2, 0.25) is 0 Å². The molecule has 1 aromatic carbocycles. The Bertz CT molecular complexity index is 615. The van der Waals surface area contributed by atoms with E-state index in [1.165, 1.54) is 43.6 Å². The first kappa shape index (κ1) is 17.1. The number of likely N-dealkylation sites (tertiary alicyclic amines) is 1. The van der Waals surface area contributed by atoms with E-state index in [-0.39, 0.29) is 5.82 Å². The Hall–Kier alpha value is -1.72. The monoisotopic (exact) mass is 330 g/mol. The molecule has 0 radical (unpaired) electrons. The van der Waals surface area contributed by atoms with Crippen molar-refractivity contribution in [2.45, 2.75) is 32.9 Å². The first-order valence-electron chi connectivity index (χ1n) is 8.92. The van der Waals surface area contributed by atoms with E-state index in [0.29, 0.717) is 6.54 Å². The number of benzene rings is 1. The Morgan fingerprint density at radius 3 is 2.58 bits per heavy atom. The van der Waals surface area contributed by atoms with Gasteiger partial charge in [0.05, 0.1) is 12.7 Å². The highest BCUT2D eigenvalue weighted by Gasteiger charge is 2.19. The highest BCUT2D eigenvalue weighted by Crippen LogP contribution is 2.18. The van der Waals surface area contributed by atoms with Gasteiger partial charge in [-0.1, -0.05) is 19.1 Å². The highest BCUT2D eigenvalue weighted by molar-refractivity contribution is 5.16. The van der Waals surface area contributed by atoms with Crippen molar-refractivity contribution in [1.29, 1.82) is 0 Å². The van der Waals surface area contributed by atoms with Crippen molar-refractivity contribution in [2.24, 2.45) is 5.92 Å². The maximum Gasteiger partial charge on any atom is 0.123 e. The van der Waals surface area contributed by atoms with E-state index >= 15 is 0 Å². The van der Waals surface area contributed by atoms with Crippen molar-refractivity contribution in [1.82, 2.24) is 20.0 Å². The van der Waals surface area contributed by atoms with E-state index in [4.69, 9.17) is 0 Å². The summed E-state index contributed by atoms with van der Waals surface area (Å²) in [6.45, 7) is 8.37. The van der Waals surface area contributed by atoms with Gasteiger partial charge in [0.1, 0.15) is 5.82 Å². The summed E-state index contributed by atoms with van der Waals surface area (Å²) < 4.78 is 14.9. The van der Waals surface area contributed by atoms with E-state index in [1.807, 2.05) is 23.0 Å². The summed E-state index contributed by atoms with van der Waals surface area (Å²) in [6, 6.07) is 6.62. The topological polar surface area (TPSA) is 33.1 Å². The summed E-state index contributed by atoms with van der Waals surface area (Å²) in [5.41, 5.74) is 2.32. The maximum absolute atomic E-state index is 13.0. The van der Waals surface area contributed by atoms with Crippen LogP contribution < -0.4 is 5.32 Å². The van der Waals surface area contributed by atoms with Crippen molar-refractivity contribution < 1.29 is 4.39 Å². The predicted molar refractivity (Wildman–Crippen MR) is 94.3 cm³/mol. The van der Waals surface area contributed by atoms with Crippen LogP contribution in [0.2, 0.25) is 0 Å². The second-order valence-electron chi connectivity index (χ2n) is 6.70. The van der Waals surface area contributed by atoms with E-state index < -0.39 is 0 Å². The van der Waals surface area contributed by atoms with E-state index in [2.05, 4.69) is 28.4 Å². The number of hydrogen-bond donors (Lipinski definition) is 1. The quantitative estimate of drug-likeness (QED) is 0.847. The minimum Gasteiger partial charge on any atom is -0.317 e. The zero-order chi connectivity index (χ0) is 16.8. The van der Waals surface area contributed by atoms with E-state index in [9.17, 15) is 4.39 Å². The molecule has 1 aliphatic heterocycles. The Balaban J connectivity index is 1.47. The highest BCUT2D eigenvalue weighted by atomic mass is 19.1. The number of rotatable bonds is 7. The molecule has 2 heterocycles. The fourth-order valence-electron chi connectivity index (χ4n) is 3.31. The number of nitrogens with one attached hydrogen (secondary N) is 1. The summed E-state index contributed by atoms with van der Waals surface area (Å²) in [4.78, 5) is 2.52. The summed E-state index contributed by atoms with van der Waals surface area (Å²) in [6.07, 6.45) is 6.61. The number of nitrogens with zero attached hydrogens (tertiary/aromatic N) is 3. The molecule has 130 valence electrons. The van der Waals surface area contributed by atoms with E-state index in [0.717, 1.165) is 31.1 Å². The third-order valence-electron chi connectivity index (χ3n) is 4.74. The van der Waals surface area contributed by atoms with E-state index in [1.54, 1.807) is 0 Å². The van der Waals surface area contributed by atoms with Crippen LogP contribution >= 0.6 is 0 Å². The lowest BCUT2D eigenvalue weighted by Gasteiger charge is -2.31. The molecule has 2 aromatic rings. The van der Waals surface area contributed by atoms with Crippen LogP contribution in [0.4, 0.5) is 4.39 Å². The van der Waals surface area contributed by atoms with Gasteiger partial charge in [-0.05, 0) is 62.6 Å². The molecule has 0 atom stereocenters. The van der Waals surface area contributed by atoms with Gasteiger partial charge in [-0.2, -0.15) is 5.10 Å². The van der Waals surface area contributed by atoms with Gasteiger partial charge in [-0.25, -0.2) is 4.39 Å². The van der Waals surface area contributed by atoms with Crippen molar-refractivity contribution in [3.8, 4) is 0 Å². The molecule has 5 heteroatoms. The van der Waals surface area contributed by atoms with Crippen LogP contribution in [0, 0.1) is 11.7 Å². The Morgan fingerprint density at radius 1 is 1.12 bits per heavy atom. The summed E-state index contributed by atoms with van der Waals surface area (Å²) in [5, 5.41) is 7.90. The second kappa shape index (κ2) is 8.40. The van der Waals surface area contributed by atoms with Crippen LogP contribution in [0.1, 0.15) is 30.9 Å². The molecular weight excluding hydrogens is 303 g/mol. The molecule has 1 N–H and O–H groups in total. The molecule has 1 saturated heterocycles. The molecule has 1 aromatic heterocycles. The molecule has 24 heavy (non-hydrogen) atoms. The molecule has 0 spiro atoms. The third kappa shape index (κ3) is 4.89. The molecule has 0 bridgehead atoms. The average molecular weight is 330 g/mol. The fourth-order valence-corrected chi connectivity index (χ4v) is 3.31. The average Bonchev–Trinajstić information content (AvgIpc) is 3.03. The summed E-state index contributed by atoms with van der Waals surface area (Å²) in [7, 11) is 0. The number of hydrogen-bond acceptors (Lipinski definition) is 3. The van der Waals surface area contributed by atoms with Gasteiger partial charge in [0.15, 0.2) is 0 Å². The number of halogens is 1. The smallest absolute Gasteiger partial charge is 0.123 e. The molecule has 0 saturated carbocycles. The zero-order valence-corrected chi connectivity index (χ0v) is 14.4. The maximum atomic E-state index is 13.0. The van der Waals surface area contributed by atoms with Crippen molar-refractivity contribution in [2.75, 3.05) is 26.2 Å². The Morgan fingerprint density at radius 2 is 1.88 bits per heavy atom. The van der Waals surface area contributed by atoms with Crippen LogP contribution in [0.15, 0.2) is 36.7 Å². The minimum atomic E-state index is -0.197. The van der Waals surface area contributed by atoms with Crippen LogP contribution in [0.3, 0.4) is 0 Å². The number of aromatic nitrogens is 2. The molecule has 0 unspecified atom stereocenters. The van der Waals surface area contributed by atoms with Gasteiger partial charge < -0.3 is 5.32 Å². The first-order valence-corrected chi connectivity index (χ1v) is 8.92. The van der Waals surface area contributed by atoms with Crippen molar-refractivity contribution >= 4 is 0 Å². The molecule has 0 aliphatic carbocycles. The van der Waals surface area contributed by atoms with Gasteiger partial charge >= 0.3 is 0 Å². The molecular formula is C19H27FN4. The van der Waals surface area contributed by atoms with Crippen LogP contribution in [0.5, 0.6) is 0 Å². The lowest BCUT2D eigenvalue weighted by atomic mass is 9.96. The molecule has 3 rings (SSSR count). The fraction of sp³-hybridized carbons (Fsp3) is 0.526. The van der Waals surface area contributed by atoms with Crippen LogP contribution in [-0.4, -0.2) is 40.9 Å². The Kier molecular flexibility index (Phi) is 5.99. The van der Waals surface area contributed by atoms with Crippen LogP contribution in [-0.2, 0) is 13.1 Å². The summed E-state index contributed by atoms with van der Waals surface area (Å²) in [5.74, 6) is 0.625. The zero-order valence-electron chi connectivity index (χ0n) is 14.4. The number of piperidine rings is 1. The molecule has 4 nitrogen and oxygen atoms in total. The SMILES string of the molecule is CCNCC1CCN(Cc2cnn(Cc3ccc(F)cc3)c2)CC1. The summed E-state index contributed by atoms with van der Waals surface area (Å²) >= 11 is 0. The Labute approximate surface area is 143 Å². The molecule has 1 aliphatic rings. The van der Waals surface area contributed by atoms with Crippen molar-refractivity contribution in [3.63, 3.8) is 0 Å². The van der Waals surface area contributed by atoms with Crippen molar-refractivity contribution in [3.05, 3.63) is 53.6 Å². The largest absolute Gasteiger partial charge is 0.317 e.